The summed E-state index contributed by atoms with van der Waals surface area (Å²) in [4.78, 5) is 4.45. The van der Waals surface area contributed by atoms with Crippen molar-refractivity contribution >= 4 is 0 Å². The van der Waals surface area contributed by atoms with Gasteiger partial charge in [0.05, 0.1) is 11.8 Å². The van der Waals surface area contributed by atoms with E-state index in [4.69, 9.17) is 15.2 Å². The molecule has 2 unspecified atom stereocenters. The highest BCUT2D eigenvalue weighted by molar-refractivity contribution is 5.21. The molecule has 2 heterocycles. The van der Waals surface area contributed by atoms with Crippen molar-refractivity contribution in [3.63, 3.8) is 0 Å². The van der Waals surface area contributed by atoms with Crippen molar-refractivity contribution in [2.45, 2.75) is 77.2 Å². The molecule has 2 atom stereocenters. The average Bonchev–Trinajstić information content (AvgIpc) is 2.59. The van der Waals surface area contributed by atoms with Gasteiger partial charge in [-0.3, -0.25) is 4.98 Å². The number of hydrogen-bond acceptors (Lipinski definition) is 4. The summed E-state index contributed by atoms with van der Waals surface area (Å²) in [6.45, 7) is 10.5. The number of nitrogens with zero attached hydrogens (tertiary/aromatic N) is 1. The van der Waals surface area contributed by atoms with E-state index in [0.717, 1.165) is 30.7 Å². The minimum Gasteiger partial charge on any atom is -0.486 e. The topological polar surface area (TPSA) is 57.4 Å². The van der Waals surface area contributed by atoms with Crippen molar-refractivity contribution in [3.8, 4) is 5.75 Å². The largest absolute Gasteiger partial charge is 0.486 e. The van der Waals surface area contributed by atoms with Crippen molar-refractivity contribution in [1.82, 2.24) is 4.98 Å². The Bertz CT molecular complexity index is 468. The Morgan fingerprint density at radius 2 is 2.10 bits per heavy atom. The molecule has 1 saturated heterocycles. The van der Waals surface area contributed by atoms with E-state index < -0.39 is 0 Å². The molecule has 4 nitrogen and oxygen atoms in total. The molecular formula is C17H28N2O2. The predicted molar refractivity (Wildman–Crippen MR) is 84.5 cm³/mol. The Morgan fingerprint density at radius 3 is 2.57 bits per heavy atom. The normalized spacial score (nSPS) is 24.8. The zero-order valence-corrected chi connectivity index (χ0v) is 13.8. The van der Waals surface area contributed by atoms with Gasteiger partial charge < -0.3 is 15.2 Å². The van der Waals surface area contributed by atoms with Crippen LogP contribution in [0.25, 0.3) is 0 Å². The van der Waals surface area contributed by atoms with Gasteiger partial charge in [0.2, 0.25) is 0 Å². The average molecular weight is 292 g/mol. The summed E-state index contributed by atoms with van der Waals surface area (Å²) in [5.74, 6) is 0.795. The van der Waals surface area contributed by atoms with Crippen molar-refractivity contribution in [1.29, 1.82) is 0 Å². The molecule has 0 spiro atoms. The number of ether oxygens (including phenoxy) is 2. The van der Waals surface area contributed by atoms with Crippen molar-refractivity contribution < 1.29 is 9.47 Å². The van der Waals surface area contributed by atoms with Crippen LogP contribution in [0.15, 0.2) is 18.3 Å². The summed E-state index contributed by atoms with van der Waals surface area (Å²) >= 11 is 0. The van der Waals surface area contributed by atoms with E-state index in [-0.39, 0.29) is 23.3 Å². The molecule has 4 heteroatoms. The number of rotatable bonds is 5. The third-order valence-electron chi connectivity index (χ3n) is 4.06. The molecule has 0 aliphatic carbocycles. The van der Waals surface area contributed by atoms with E-state index >= 15 is 0 Å². The summed E-state index contributed by atoms with van der Waals surface area (Å²) < 4.78 is 12.1. The molecule has 1 aliphatic rings. The lowest BCUT2D eigenvalue weighted by Gasteiger charge is -2.27. The van der Waals surface area contributed by atoms with Crippen LogP contribution in [-0.2, 0) is 11.2 Å². The Balaban J connectivity index is 2.00. The lowest BCUT2D eigenvalue weighted by molar-refractivity contribution is -0.0846. The molecule has 0 saturated carbocycles. The van der Waals surface area contributed by atoms with Gasteiger partial charge in [0.25, 0.3) is 0 Å². The maximum atomic E-state index is 6.09. The molecule has 1 aromatic rings. The van der Waals surface area contributed by atoms with Crippen LogP contribution in [0.3, 0.4) is 0 Å². The van der Waals surface area contributed by atoms with E-state index in [1.807, 2.05) is 12.1 Å². The monoisotopic (exact) mass is 292 g/mol. The van der Waals surface area contributed by atoms with Crippen LogP contribution in [0.4, 0.5) is 0 Å². The molecule has 0 amide bonds. The van der Waals surface area contributed by atoms with Gasteiger partial charge in [0.15, 0.2) is 0 Å². The molecule has 1 fully saturated rings. The fourth-order valence-corrected chi connectivity index (χ4v) is 2.87. The van der Waals surface area contributed by atoms with Gasteiger partial charge in [0.1, 0.15) is 17.5 Å². The van der Waals surface area contributed by atoms with Gasteiger partial charge in [-0.05, 0) is 46.2 Å². The Hall–Kier alpha value is -1.13. The van der Waals surface area contributed by atoms with Gasteiger partial charge in [0, 0.05) is 24.6 Å². The lowest BCUT2D eigenvalue weighted by Crippen LogP contribution is -2.36. The number of hydrogen-bond donors (Lipinski definition) is 1. The summed E-state index contributed by atoms with van der Waals surface area (Å²) in [5, 5.41) is 0. The fourth-order valence-electron chi connectivity index (χ4n) is 2.87. The first-order chi connectivity index (χ1) is 9.72. The maximum absolute atomic E-state index is 6.09. The third-order valence-corrected chi connectivity index (χ3v) is 4.06. The number of nitrogens with two attached hydrogens (primary N) is 1. The lowest BCUT2D eigenvalue weighted by atomic mass is 9.97. The minimum atomic E-state index is -0.285. The molecule has 0 radical (unpaired) electrons. The van der Waals surface area contributed by atoms with Gasteiger partial charge in [-0.15, -0.1) is 0 Å². The zero-order chi connectivity index (χ0) is 15.7. The first-order valence-corrected chi connectivity index (χ1v) is 7.79. The zero-order valence-electron chi connectivity index (χ0n) is 13.8. The van der Waals surface area contributed by atoms with Gasteiger partial charge >= 0.3 is 0 Å². The SMILES string of the molecule is CCC(N)Cc1ccc(OC2CC(C)(C)OC2(C)C)cn1. The van der Waals surface area contributed by atoms with Crippen LogP contribution < -0.4 is 10.5 Å². The Kier molecular flexibility index (Phi) is 4.59. The fraction of sp³-hybridized carbons (Fsp3) is 0.706. The van der Waals surface area contributed by atoms with Crippen LogP contribution in [0.5, 0.6) is 5.75 Å². The highest BCUT2D eigenvalue weighted by Gasteiger charge is 2.47. The smallest absolute Gasteiger partial charge is 0.138 e. The van der Waals surface area contributed by atoms with Crippen molar-refractivity contribution in [2.75, 3.05) is 0 Å². The van der Waals surface area contributed by atoms with Crippen LogP contribution in [-0.4, -0.2) is 28.3 Å². The van der Waals surface area contributed by atoms with Gasteiger partial charge in [-0.25, -0.2) is 0 Å². The van der Waals surface area contributed by atoms with E-state index in [0.29, 0.717) is 0 Å². The summed E-state index contributed by atoms with van der Waals surface area (Å²) in [7, 11) is 0. The van der Waals surface area contributed by atoms with E-state index in [9.17, 15) is 0 Å². The van der Waals surface area contributed by atoms with E-state index in [2.05, 4.69) is 39.6 Å². The second kappa shape index (κ2) is 5.93. The van der Waals surface area contributed by atoms with Crippen LogP contribution in [0.2, 0.25) is 0 Å². The Labute approximate surface area is 128 Å². The van der Waals surface area contributed by atoms with Crippen LogP contribution in [0, 0.1) is 0 Å². The molecule has 1 aromatic heterocycles. The summed E-state index contributed by atoms with van der Waals surface area (Å²) in [6, 6.07) is 4.15. The molecular weight excluding hydrogens is 264 g/mol. The summed E-state index contributed by atoms with van der Waals surface area (Å²) in [5.41, 5.74) is 6.54. The standard InChI is InChI=1S/C17H28N2O2/c1-6-12(18)9-13-7-8-14(11-19-13)20-15-10-16(2,3)21-17(15,4)5/h7-8,11-12,15H,6,9-10,18H2,1-5H3. The molecule has 118 valence electrons. The molecule has 0 aromatic carbocycles. The summed E-state index contributed by atoms with van der Waals surface area (Å²) in [6.07, 6.45) is 4.48. The molecule has 0 bridgehead atoms. The number of pyridine rings is 1. The van der Waals surface area contributed by atoms with Crippen molar-refractivity contribution in [3.05, 3.63) is 24.0 Å². The molecule has 2 N–H and O–H groups in total. The van der Waals surface area contributed by atoms with Crippen LogP contribution in [0.1, 0.15) is 53.2 Å². The molecule has 1 aliphatic heterocycles. The molecule has 21 heavy (non-hydrogen) atoms. The van der Waals surface area contributed by atoms with E-state index in [1.165, 1.54) is 0 Å². The van der Waals surface area contributed by atoms with Crippen molar-refractivity contribution in [2.24, 2.45) is 5.73 Å². The first-order valence-electron chi connectivity index (χ1n) is 7.79. The van der Waals surface area contributed by atoms with Gasteiger partial charge in [-0.2, -0.15) is 0 Å². The third kappa shape index (κ3) is 4.17. The highest BCUT2D eigenvalue weighted by Crippen LogP contribution is 2.39. The maximum Gasteiger partial charge on any atom is 0.138 e. The number of aromatic nitrogens is 1. The predicted octanol–water partition coefficient (Wildman–Crippen LogP) is 3.09. The minimum absolute atomic E-state index is 0.0399. The second-order valence-electron chi connectivity index (χ2n) is 7.13. The second-order valence-corrected chi connectivity index (χ2v) is 7.13. The van der Waals surface area contributed by atoms with Crippen LogP contribution >= 0.6 is 0 Å². The molecule has 2 rings (SSSR count). The highest BCUT2D eigenvalue weighted by atomic mass is 16.6. The van der Waals surface area contributed by atoms with Gasteiger partial charge in [-0.1, -0.05) is 6.92 Å². The first kappa shape index (κ1) is 16.2. The van der Waals surface area contributed by atoms with E-state index in [1.54, 1.807) is 6.20 Å². The Morgan fingerprint density at radius 1 is 1.38 bits per heavy atom. The quantitative estimate of drug-likeness (QED) is 0.906.